The van der Waals surface area contributed by atoms with Crippen LogP contribution in [0.4, 0.5) is 10.5 Å². The van der Waals surface area contributed by atoms with Crippen molar-refractivity contribution < 1.29 is 4.79 Å². The molecule has 2 saturated heterocycles. The summed E-state index contributed by atoms with van der Waals surface area (Å²) in [5.74, 6) is 0. The van der Waals surface area contributed by atoms with Gasteiger partial charge in [-0.15, -0.1) is 0 Å². The topological polar surface area (TPSA) is 71.4 Å². The number of hydrogen-bond acceptors (Lipinski definition) is 4. The van der Waals surface area contributed by atoms with Crippen LogP contribution in [0.2, 0.25) is 0 Å². The first-order chi connectivity index (χ1) is 10.8. The van der Waals surface area contributed by atoms with Crippen LogP contribution in [0.25, 0.3) is 0 Å². The molecule has 116 valence electrons. The van der Waals surface area contributed by atoms with Crippen molar-refractivity contribution in [3.05, 3.63) is 29.8 Å². The van der Waals surface area contributed by atoms with Gasteiger partial charge in [-0.3, -0.25) is 4.90 Å². The van der Waals surface area contributed by atoms with Crippen molar-refractivity contribution in [3.8, 4) is 6.07 Å². The van der Waals surface area contributed by atoms with Crippen LogP contribution in [-0.4, -0.2) is 61.1 Å². The third kappa shape index (κ3) is 3.38. The number of carbonyl (C=O) groups is 1. The first-order valence-corrected chi connectivity index (χ1v) is 7.77. The van der Waals surface area contributed by atoms with E-state index in [1.807, 2.05) is 4.90 Å². The third-order valence-electron chi connectivity index (χ3n) is 4.42. The molecule has 0 saturated carbocycles. The Morgan fingerprint density at radius 3 is 2.55 bits per heavy atom. The van der Waals surface area contributed by atoms with E-state index in [-0.39, 0.29) is 6.03 Å². The Labute approximate surface area is 130 Å². The lowest BCUT2D eigenvalue weighted by Crippen LogP contribution is -2.53. The second-order valence-electron chi connectivity index (χ2n) is 5.79. The number of rotatable bonds is 2. The van der Waals surface area contributed by atoms with Gasteiger partial charge in [-0.25, -0.2) is 4.79 Å². The molecule has 2 N–H and O–H groups in total. The van der Waals surface area contributed by atoms with Gasteiger partial charge in [-0.2, -0.15) is 5.26 Å². The molecule has 1 aromatic rings. The number of urea groups is 1. The standard InChI is InChI=1S/C16H21N5O/c17-11-13-1-3-14(4-2-13)19-16(22)21-9-7-20(8-10-21)15-5-6-18-12-15/h1-4,15,18H,5-10,12H2,(H,19,22). The van der Waals surface area contributed by atoms with E-state index in [2.05, 4.69) is 21.6 Å². The summed E-state index contributed by atoms with van der Waals surface area (Å²) in [7, 11) is 0. The number of amides is 2. The summed E-state index contributed by atoms with van der Waals surface area (Å²) in [5, 5.41) is 15.1. The molecule has 6 heteroatoms. The van der Waals surface area contributed by atoms with Gasteiger partial charge >= 0.3 is 6.03 Å². The monoisotopic (exact) mass is 299 g/mol. The number of nitrogens with one attached hydrogen (secondary N) is 2. The molecule has 0 spiro atoms. The SMILES string of the molecule is N#Cc1ccc(NC(=O)N2CCN(C3CCNC3)CC2)cc1. The summed E-state index contributed by atoms with van der Waals surface area (Å²) in [6, 6.07) is 9.58. The van der Waals surface area contributed by atoms with Crippen LogP contribution in [0.15, 0.2) is 24.3 Å². The fraction of sp³-hybridized carbons (Fsp3) is 0.500. The Morgan fingerprint density at radius 2 is 1.95 bits per heavy atom. The molecule has 2 fully saturated rings. The second kappa shape index (κ2) is 6.77. The predicted octanol–water partition coefficient (Wildman–Crippen LogP) is 1.07. The normalized spacial score (nSPS) is 22.3. The highest BCUT2D eigenvalue weighted by Gasteiger charge is 2.27. The maximum atomic E-state index is 12.3. The van der Waals surface area contributed by atoms with Gasteiger partial charge < -0.3 is 15.5 Å². The van der Waals surface area contributed by atoms with Crippen molar-refractivity contribution in [3.63, 3.8) is 0 Å². The fourth-order valence-electron chi connectivity index (χ4n) is 3.07. The Morgan fingerprint density at radius 1 is 1.23 bits per heavy atom. The van der Waals surface area contributed by atoms with Crippen molar-refractivity contribution >= 4 is 11.7 Å². The van der Waals surface area contributed by atoms with Crippen LogP contribution in [0, 0.1) is 11.3 Å². The zero-order valence-electron chi connectivity index (χ0n) is 12.6. The highest BCUT2D eigenvalue weighted by molar-refractivity contribution is 5.89. The highest BCUT2D eigenvalue weighted by Crippen LogP contribution is 2.14. The zero-order valence-corrected chi connectivity index (χ0v) is 12.6. The van der Waals surface area contributed by atoms with Gasteiger partial charge in [0.1, 0.15) is 0 Å². The van der Waals surface area contributed by atoms with Gasteiger partial charge in [0, 0.05) is 44.5 Å². The van der Waals surface area contributed by atoms with Crippen LogP contribution in [0.1, 0.15) is 12.0 Å². The van der Waals surface area contributed by atoms with Crippen LogP contribution in [0.5, 0.6) is 0 Å². The Balaban J connectivity index is 1.50. The molecule has 6 nitrogen and oxygen atoms in total. The highest BCUT2D eigenvalue weighted by atomic mass is 16.2. The molecule has 2 amide bonds. The van der Waals surface area contributed by atoms with Gasteiger partial charge in [0.15, 0.2) is 0 Å². The molecule has 3 rings (SSSR count). The summed E-state index contributed by atoms with van der Waals surface area (Å²) < 4.78 is 0. The van der Waals surface area contributed by atoms with E-state index in [9.17, 15) is 4.79 Å². The Kier molecular flexibility index (Phi) is 4.56. The molecular formula is C16H21N5O. The van der Waals surface area contributed by atoms with E-state index in [0.717, 1.165) is 45.0 Å². The average Bonchev–Trinajstić information content (AvgIpc) is 3.10. The predicted molar refractivity (Wildman–Crippen MR) is 84.6 cm³/mol. The largest absolute Gasteiger partial charge is 0.322 e. The number of anilines is 1. The minimum atomic E-state index is -0.0612. The number of nitriles is 1. The maximum absolute atomic E-state index is 12.3. The lowest BCUT2D eigenvalue weighted by Gasteiger charge is -2.37. The van der Waals surface area contributed by atoms with Crippen molar-refractivity contribution in [2.45, 2.75) is 12.5 Å². The molecule has 2 aliphatic rings. The average molecular weight is 299 g/mol. The molecule has 22 heavy (non-hydrogen) atoms. The van der Waals surface area contributed by atoms with E-state index < -0.39 is 0 Å². The number of nitrogens with zero attached hydrogens (tertiary/aromatic N) is 3. The molecule has 0 radical (unpaired) electrons. The molecule has 0 aliphatic carbocycles. The Bertz CT molecular complexity index is 551. The number of carbonyl (C=O) groups excluding carboxylic acids is 1. The van der Waals surface area contributed by atoms with Crippen LogP contribution in [-0.2, 0) is 0 Å². The van der Waals surface area contributed by atoms with E-state index in [1.165, 1.54) is 6.42 Å². The molecule has 1 unspecified atom stereocenters. The van der Waals surface area contributed by atoms with Crippen molar-refractivity contribution in [1.29, 1.82) is 5.26 Å². The van der Waals surface area contributed by atoms with E-state index >= 15 is 0 Å². The lowest BCUT2D eigenvalue weighted by molar-refractivity contribution is 0.119. The number of piperazine rings is 1. The van der Waals surface area contributed by atoms with Gasteiger partial charge in [-0.05, 0) is 37.2 Å². The van der Waals surface area contributed by atoms with Crippen LogP contribution in [0.3, 0.4) is 0 Å². The third-order valence-corrected chi connectivity index (χ3v) is 4.42. The van der Waals surface area contributed by atoms with Crippen molar-refractivity contribution in [1.82, 2.24) is 15.1 Å². The van der Waals surface area contributed by atoms with Gasteiger partial charge in [0.05, 0.1) is 11.6 Å². The molecule has 1 atom stereocenters. The quantitative estimate of drug-likeness (QED) is 0.857. The maximum Gasteiger partial charge on any atom is 0.321 e. The summed E-state index contributed by atoms with van der Waals surface area (Å²) in [6.45, 7) is 5.57. The van der Waals surface area contributed by atoms with Gasteiger partial charge in [-0.1, -0.05) is 0 Å². The van der Waals surface area contributed by atoms with Gasteiger partial charge in [0.2, 0.25) is 0 Å². The summed E-state index contributed by atoms with van der Waals surface area (Å²) in [6.07, 6.45) is 1.21. The van der Waals surface area contributed by atoms with E-state index in [0.29, 0.717) is 11.6 Å². The number of benzene rings is 1. The van der Waals surface area contributed by atoms with E-state index in [4.69, 9.17) is 5.26 Å². The molecule has 2 heterocycles. The zero-order chi connectivity index (χ0) is 15.4. The fourth-order valence-corrected chi connectivity index (χ4v) is 3.07. The lowest BCUT2D eigenvalue weighted by atomic mass is 10.2. The minimum absolute atomic E-state index is 0.0612. The minimum Gasteiger partial charge on any atom is -0.322 e. The van der Waals surface area contributed by atoms with E-state index in [1.54, 1.807) is 24.3 Å². The molecule has 2 aliphatic heterocycles. The molecule has 0 aromatic heterocycles. The molecular weight excluding hydrogens is 278 g/mol. The van der Waals surface area contributed by atoms with Crippen molar-refractivity contribution in [2.75, 3.05) is 44.6 Å². The van der Waals surface area contributed by atoms with Crippen LogP contribution >= 0.6 is 0 Å². The Hall–Kier alpha value is -2.10. The van der Waals surface area contributed by atoms with Gasteiger partial charge in [0.25, 0.3) is 0 Å². The summed E-state index contributed by atoms with van der Waals surface area (Å²) in [5.41, 5.74) is 1.32. The number of hydrogen-bond donors (Lipinski definition) is 2. The van der Waals surface area contributed by atoms with Crippen molar-refractivity contribution in [2.24, 2.45) is 0 Å². The first kappa shape index (κ1) is 14.8. The summed E-state index contributed by atoms with van der Waals surface area (Å²) >= 11 is 0. The molecule has 1 aromatic carbocycles. The summed E-state index contributed by atoms with van der Waals surface area (Å²) in [4.78, 5) is 16.6. The smallest absolute Gasteiger partial charge is 0.321 e. The molecule has 0 bridgehead atoms. The van der Waals surface area contributed by atoms with Crippen LogP contribution < -0.4 is 10.6 Å². The second-order valence-corrected chi connectivity index (χ2v) is 5.79. The first-order valence-electron chi connectivity index (χ1n) is 7.77.